The molecule has 0 spiro atoms. The molecule has 1 rings (SSSR count). The molecule has 1 saturated heterocycles. The van der Waals surface area contributed by atoms with Crippen molar-refractivity contribution in [2.75, 3.05) is 26.4 Å². The van der Waals surface area contributed by atoms with Gasteiger partial charge in [-0.2, -0.15) is 12.6 Å². The number of rotatable bonds is 2. The number of hydrogen-bond donors (Lipinski definition) is 2. The van der Waals surface area contributed by atoms with Crippen LogP contribution >= 0.6 is 12.6 Å². The molecule has 2 N–H and O–H groups in total. The molecule has 1 fully saturated rings. The second kappa shape index (κ2) is 7.21. The Balaban J connectivity index is 0.000000671. The fraction of sp³-hybridized carbons (Fsp3) is 0.889. The van der Waals surface area contributed by atoms with Gasteiger partial charge in [-0.25, -0.2) is 0 Å². The fourth-order valence-corrected chi connectivity index (χ4v) is 1.55. The Hall–Kier alpha value is -0.220. The lowest BCUT2D eigenvalue weighted by Crippen LogP contribution is -2.32. The highest BCUT2D eigenvalue weighted by atomic mass is 32.1. The number of carbonyl (C=O) groups is 1. The van der Waals surface area contributed by atoms with E-state index in [1.807, 2.05) is 0 Å². The Morgan fingerprint density at radius 3 is 2.31 bits per heavy atom. The highest BCUT2D eigenvalue weighted by Gasteiger charge is 2.17. The molecule has 13 heavy (non-hydrogen) atoms. The maximum absolute atomic E-state index is 10.6. The Labute approximate surface area is 86.1 Å². The zero-order valence-electron chi connectivity index (χ0n) is 8.49. The van der Waals surface area contributed by atoms with E-state index in [2.05, 4.69) is 24.6 Å². The van der Waals surface area contributed by atoms with Gasteiger partial charge >= 0.3 is 0 Å². The summed E-state index contributed by atoms with van der Waals surface area (Å²) in [5, 5.41) is 0. The smallest absolute Gasteiger partial charge is 0.217 e. The number of likely N-dealkylation sites (tertiary alicyclic amines) is 1. The number of amides is 1. The molecule has 0 aromatic heterocycles. The van der Waals surface area contributed by atoms with Gasteiger partial charge in [-0.1, -0.05) is 0 Å². The first-order valence-corrected chi connectivity index (χ1v) is 5.49. The highest BCUT2D eigenvalue weighted by molar-refractivity contribution is 7.79. The Bertz CT molecular complexity index is 145. The first-order chi connectivity index (χ1) is 6.18. The van der Waals surface area contributed by atoms with Crippen LogP contribution in [0.15, 0.2) is 0 Å². The monoisotopic (exact) mass is 204 g/mol. The minimum atomic E-state index is -0.153. The van der Waals surface area contributed by atoms with Crippen LogP contribution in [-0.4, -0.2) is 37.2 Å². The van der Waals surface area contributed by atoms with Gasteiger partial charge < -0.3 is 10.6 Å². The Morgan fingerprint density at radius 1 is 1.46 bits per heavy atom. The number of nitrogens with zero attached hydrogens (tertiary/aromatic N) is 1. The summed E-state index contributed by atoms with van der Waals surface area (Å²) in [6, 6.07) is 0. The molecule has 0 unspecified atom stereocenters. The van der Waals surface area contributed by atoms with E-state index in [0.717, 1.165) is 25.9 Å². The normalized spacial score (nSPS) is 19.0. The Morgan fingerprint density at radius 2 is 1.92 bits per heavy atom. The number of carbonyl (C=O) groups excluding carboxylic acids is 1. The van der Waals surface area contributed by atoms with Gasteiger partial charge in [-0.15, -0.1) is 0 Å². The molecule has 0 radical (unpaired) electrons. The van der Waals surface area contributed by atoms with Gasteiger partial charge in [-0.05, 0) is 45.2 Å². The van der Waals surface area contributed by atoms with E-state index in [9.17, 15) is 4.79 Å². The van der Waals surface area contributed by atoms with Crippen molar-refractivity contribution in [1.82, 2.24) is 4.90 Å². The number of nitrogens with two attached hydrogens (primary N) is 1. The zero-order chi connectivity index (χ0) is 10.3. The summed E-state index contributed by atoms with van der Waals surface area (Å²) >= 11 is 3.53. The minimum Gasteiger partial charge on any atom is -0.370 e. The molecule has 1 aliphatic rings. The van der Waals surface area contributed by atoms with Gasteiger partial charge in [0.1, 0.15) is 0 Å². The van der Waals surface area contributed by atoms with Crippen LogP contribution in [0.1, 0.15) is 19.3 Å². The van der Waals surface area contributed by atoms with Crippen LogP contribution in [0, 0.1) is 5.92 Å². The third-order valence-corrected chi connectivity index (χ3v) is 2.33. The maximum atomic E-state index is 10.6. The van der Waals surface area contributed by atoms with E-state index in [4.69, 9.17) is 5.73 Å². The zero-order valence-corrected chi connectivity index (χ0v) is 9.39. The van der Waals surface area contributed by atoms with Gasteiger partial charge in [-0.3, -0.25) is 4.79 Å². The lowest BCUT2D eigenvalue weighted by molar-refractivity contribution is -0.119. The van der Waals surface area contributed by atoms with Crippen LogP contribution in [0.5, 0.6) is 0 Å². The third kappa shape index (κ3) is 5.93. The molecule has 0 aromatic carbocycles. The number of thiol groups is 1. The summed E-state index contributed by atoms with van der Waals surface area (Å²) in [7, 11) is 2.11. The number of piperidine rings is 1. The summed E-state index contributed by atoms with van der Waals surface area (Å²) in [4.78, 5) is 12.8. The van der Waals surface area contributed by atoms with Crippen molar-refractivity contribution in [2.24, 2.45) is 11.7 Å². The van der Waals surface area contributed by atoms with E-state index in [1.54, 1.807) is 6.26 Å². The summed E-state index contributed by atoms with van der Waals surface area (Å²) < 4.78 is 0. The predicted octanol–water partition coefficient (Wildman–Crippen LogP) is 0.750. The first-order valence-electron chi connectivity index (χ1n) is 4.60. The average Bonchev–Trinajstić information content (AvgIpc) is 2.12. The molecular formula is C9H20N2OS. The molecule has 1 heterocycles. The van der Waals surface area contributed by atoms with E-state index >= 15 is 0 Å². The molecule has 1 amide bonds. The van der Waals surface area contributed by atoms with Crippen LogP contribution in [0.2, 0.25) is 0 Å². The summed E-state index contributed by atoms with van der Waals surface area (Å²) in [6.45, 7) is 2.22. The molecule has 0 bridgehead atoms. The lowest BCUT2D eigenvalue weighted by Gasteiger charge is -2.27. The molecule has 78 valence electrons. The van der Waals surface area contributed by atoms with Crippen LogP contribution in [0.4, 0.5) is 0 Å². The molecule has 1 aliphatic heterocycles. The van der Waals surface area contributed by atoms with E-state index in [0.29, 0.717) is 12.3 Å². The molecular weight excluding hydrogens is 184 g/mol. The Kier molecular flexibility index (Phi) is 7.09. The second-order valence-electron chi connectivity index (χ2n) is 3.42. The van der Waals surface area contributed by atoms with Gasteiger partial charge in [0, 0.05) is 6.42 Å². The van der Waals surface area contributed by atoms with Gasteiger partial charge in [0.05, 0.1) is 0 Å². The largest absolute Gasteiger partial charge is 0.370 e. The topological polar surface area (TPSA) is 46.3 Å². The molecule has 4 heteroatoms. The first kappa shape index (κ1) is 12.8. The van der Waals surface area contributed by atoms with Crippen LogP contribution in [0.25, 0.3) is 0 Å². The molecule has 0 atom stereocenters. The van der Waals surface area contributed by atoms with Crippen LogP contribution < -0.4 is 5.73 Å². The van der Waals surface area contributed by atoms with Crippen LogP contribution in [0.3, 0.4) is 0 Å². The SMILES string of the molecule is CN1CCC(CC(N)=O)CC1.CS. The van der Waals surface area contributed by atoms with Crippen molar-refractivity contribution in [3.63, 3.8) is 0 Å². The van der Waals surface area contributed by atoms with Crippen molar-refractivity contribution in [2.45, 2.75) is 19.3 Å². The predicted molar refractivity (Wildman–Crippen MR) is 58.9 cm³/mol. The third-order valence-electron chi connectivity index (χ3n) is 2.33. The van der Waals surface area contributed by atoms with Crippen molar-refractivity contribution >= 4 is 18.5 Å². The molecule has 3 nitrogen and oxygen atoms in total. The summed E-state index contributed by atoms with van der Waals surface area (Å²) in [5.74, 6) is 0.392. The van der Waals surface area contributed by atoms with E-state index < -0.39 is 0 Å². The highest BCUT2D eigenvalue weighted by Crippen LogP contribution is 2.18. The molecule has 0 aliphatic carbocycles. The van der Waals surface area contributed by atoms with Crippen LogP contribution in [-0.2, 0) is 4.79 Å². The standard InChI is InChI=1S/C8H16N2O.CH4S/c1-10-4-2-7(3-5-10)6-8(9)11;1-2/h7H,2-6H2,1H3,(H2,9,11);2H,1H3. The van der Waals surface area contributed by atoms with Gasteiger partial charge in [0.2, 0.25) is 5.91 Å². The second-order valence-corrected chi connectivity index (χ2v) is 3.42. The fourth-order valence-electron chi connectivity index (χ4n) is 1.55. The van der Waals surface area contributed by atoms with Crippen molar-refractivity contribution < 1.29 is 4.79 Å². The molecule has 0 aromatic rings. The summed E-state index contributed by atoms with van der Waals surface area (Å²) in [6.07, 6.45) is 4.52. The van der Waals surface area contributed by atoms with E-state index in [-0.39, 0.29) is 5.91 Å². The van der Waals surface area contributed by atoms with Crippen molar-refractivity contribution in [1.29, 1.82) is 0 Å². The number of primary amides is 1. The van der Waals surface area contributed by atoms with Crippen molar-refractivity contribution in [3.05, 3.63) is 0 Å². The van der Waals surface area contributed by atoms with E-state index in [1.165, 1.54) is 0 Å². The summed E-state index contributed by atoms with van der Waals surface area (Å²) in [5.41, 5.74) is 5.11. The minimum absolute atomic E-state index is 0.153. The molecule has 0 saturated carbocycles. The van der Waals surface area contributed by atoms with Gasteiger partial charge in [0.15, 0.2) is 0 Å². The maximum Gasteiger partial charge on any atom is 0.217 e. The average molecular weight is 204 g/mol. The quantitative estimate of drug-likeness (QED) is 0.652. The van der Waals surface area contributed by atoms with Gasteiger partial charge in [0.25, 0.3) is 0 Å². The lowest BCUT2D eigenvalue weighted by atomic mass is 9.94. The number of hydrogen-bond acceptors (Lipinski definition) is 3. The van der Waals surface area contributed by atoms with Crippen molar-refractivity contribution in [3.8, 4) is 0 Å².